The second kappa shape index (κ2) is 4.99. The molecular weight excluding hydrogens is 208 g/mol. The first-order valence-electron chi connectivity index (χ1n) is 5.22. The van der Waals surface area contributed by atoms with Crippen molar-refractivity contribution >= 4 is 5.97 Å². The van der Waals surface area contributed by atoms with Gasteiger partial charge in [0, 0.05) is 13.0 Å². The van der Waals surface area contributed by atoms with Gasteiger partial charge in [-0.15, -0.1) is 0 Å². The van der Waals surface area contributed by atoms with Gasteiger partial charge in [-0.1, -0.05) is 0 Å². The number of ether oxygens (including phenoxy) is 3. The van der Waals surface area contributed by atoms with Crippen molar-refractivity contribution in [3.05, 3.63) is 29.8 Å². The van der Waals surface area contributed by atoms with Crippen LogP contribution in [-0.2, 0) is 9.47 Å². The molecule has 0 radical (unpaired) electrons. The molecule has 0 spiro atoms. The Morgan fingerprint density at radius 2 is 2.12 bits per heavy atom. The molecule has 0 bridgehead atoms. The van der Waals surface area contributed by atoms with Crippen LogP contribution in [0.15, 0.2) is 24.3 Å². The molecule has 16 heavy (non-hydrogen) atoms. The number of hydrogen-bond donors (Lipinski definition) is 0. The van der Waals surface area contributed by atoms with Crippen molar-refractivity contribution in [1.82, 2.24) is 0 Å². The molecular formula is C12H14O4. The monoisotopic (exact) mass is 222 g/mol. The van der Waals surface area contributed by atoms with Gasteiger partial charge in [-0.2, -0.15) is 0 Å². The zero-order chi connectivity index (χ0) is 11.4. The first-order chi connectivity index (χ1) is 7.79. The van der Waals surface area contributed by atoms with Gasteiger partial charge in [0.25, 0.3) is 0 Å². The minimum Gasteiger partial charge on any atom is -0.491 e. The highest BCUT2D eigenvalue weighted by molar-refractivity contribution is 5.89. The summed E-state index contributed by atoms with van der Waals surface area (Å²) in [6.07, 6.45) is 1.28. The van der Waals surface area contributed by atoms with Crippen LogP contribution in [0.5, 0.6) is 5.75 Å². The lowest BCUT2D eigenvalue weighted by atomic mass is 10.2. The quantitative estimate of drug-likeness (QED) is 0.726. The van der Waals surface area contributed by atoms with E-state index >= 15 is 0 Å². The van der Waals surface area contributed by atoms with Crippen molar-refractivity contribution in [3.8, 4) is 5.75 Å². The van der Waals surface area contributed by atoms with E-state index in [-0.39, 0.29) is 12.1 Å². The highest BCUT2D eigenvalue weighted by Crippen LogP contribution is 2.16. The second-order valence-corrected chi connectivity index (χ2v) is 3.61. The van der Waals surface area contributed by atoms with Gasteiger partial charge in [-0.25, -0.2) is 4.79 Å². The predicted octanol–water partition coefficient (Wildman–Crippen LogP) is 1.64. The zero-order valence-electron chi connectivity index (χ0n) is 9.14. The molecule has 1 aromatic rings. The maximum atomic E-state index is 11.2. The van der Waals surface area contributed by atoms with E-state index in [0.717, 1.165) is 18.8 Å². The number of benzene rings is 1. The van der Waals surface area contributed by atoms with Crippen LogP contribution >= 0.6 is 0 Å². The number of esters is 1. The molecule has 1 fully saturated rings. The third kappa shape index (κ3) is 2.52. The lowest BCUT2D eigenvalue weighted by molar-refractivity contribution is -0.0720. The fraction of sp³-hybridized carbons (Fsp3) is 0.417. The molecule has 1 aromatic carbocycles. The van der Waals surface area contributed by atoms with Crippen molar-refractivity contribution in [3.63, 3.8) is 0 Å². The van der Waals surface area contributed by atoms with Crippen LogP contribution in [0.25, 0.3) is 0 Å². The predicted molar refractivity (Wildman–Crippen MR) is 57.6 cm³/mol. The number of rotatable bonds is 4. The molecule has 1 aliphatic heterocycles. The molecule has 0 saturated carbocycles. The summed E-state index contributed by atoms with van der Waals surface area (Å²) >= 11 is 0. The van der Waals surface area contributed by atoms with Crippen molar-refractivity contribution in [2.24, 2.45) is 0 Å². The summed E-state index contributed by atoms with van der Waals surface area (Å²) < 4.78 is 15.3. The number of hydrogen-bond acceptors (Lipinski definition) is 4. The van der Waals surface area contributed by atoms with Gasteiger partial charge in [0.1, 0.15) is 12.4 Å². The topological polar surface area (TPSA) is 44.8 Å². The average Bonchev–Trinajstić information content (AvgIpc) is 2.27. The van der Waals surface area contributed by atoms with Gasteiger partial charge in [0.05, 0.1) is 18.8 Å². The van der Waals surface area contributed by atoms with Gasteiger partial charge in [0.2, 0.25) is 0 Å². The summed E-state index contributed by atoms with van der Waals surface area (Å²) in [5, 5.41) is 0. The Labute approximate surface area is 94.1 Å². The minimum atomic E-state index is -0.339. The van der Waals surface area contributed by atoms with Crippen molar-refractivity contribution in [2.45, 2.75) is 12.5 Å². The van der Waals surface area contributed by atoms with Gasteiger partial charge in [0.15, 0.2) is 0 Å². The molecule has 1 heterocycles. The Morgan fingerprint density at radius 1 is 1.44 bits per heavy atom. The van der Waals surface area contributed by atoms with Gasteiger partial charge in [-0.3, -0.25) is 0 Å². The minimum absolute atomic E-state index is 0.222. The first-order valence-corrected chi connectivity index (χ1v) is 5.22. The molecule has 2 rings (SSSR count). The van der Waals surface area contributed by atoms with E-state index in [2.05, 4.69) is 4.74 Å². The molecule has 0 aromatic heterocycles. The second-order valence-electron chi connectivity index (χ2n) is 3.61. The van der Waals surface area contributed by atoms with E-state index in [1.54, 1.807) is 24.3 Å². The molecule has 0 N–H and O–H groups in total. The van der Waals surface area contributed by atoms with E-state index in [4.69, 9.17) is 9.47 Å². The highest BCUT2D eigenvalue weighted by Gasteiger charge is 2.18. The van der Waals surface area contributed by atoms with Crippen LogP contribution in [0.4, 0.5) is 0 Å². The zero-order valence-corrected chi connectivity index (χ0v) is 9.14. The number of carbonyl (C=O) groups excluding carboxylic acids is 1. The van der Waals surface area contributed by atoms with Crippen LogP contribution in [-0.4, -0.2) is 32.4 Å². The Kier molecular flexibility index (Phi) is 3.41. The highest BCUT2D eigenvalue weighted by atomic mass is 16.5. The Morgan fingerprint density at radius 3 is 2.62 bits per heavy atom. The van der Waals surface area contributed by atoms with Crippen LogP contribution in [0.1, 0.15) is 16.8 Å². The maximum Gasteiger partial charge on any atom is 0.337 e. The Balaban J connectivity index is 1.88. The van der Waals surface area contributed by atoms with Crippen molar-refractivity contribution < 1.29 is 19.0 Å². The van der Waals surface area contributed by atoms with E-state index in [1.165, 1.54) is 7.11 Å². The van der Waals surface area contributed by atoms with Crippen LogP contribution in [0.3, 0.4) is 0 Å². The third-order valence-electron chi connectivity index (χ3n) is 2.50. The van der Waals surface area contributed by atoms with Gasteiger partial charge >= 0.3 is 5.97 Å². The summed E-state index contributed by atoms with van der Waals surface area (Å²) in [5.41, 5.74) is 0.523. The van der Waals surface area contributed by atoms with E-state index in [0.29, 0.717) is 12.2 Å². The van der Waals surface area contributed by atoms with E-state index < -0.39 is 0 Å². The number of methoxy groups -OCH3 is 1. The smallest absolute Gasteiger partial charge is 0.337 e. The summed E-state index contributed by atoms with van der Waals surface area (Å²) in [7, 11) is 1.36. The molecule has 4 nitrogen and oxygen atoms in total. The first kappa shape index (κ1) is 11.0. The fourth-order valence-electron chi connectivity index (χ4n) is 1.41. The molecule has 0 amide bonds. The van der Waals surface area contributed by atoms with Crippen molar-refractivity contribution in [1.29, 1.82) is 0 Å². The normalized spacial score (nSPS) is 18.7. The third-order valence-corrected chi connectivity index (χ3v) is 2.50. The summed E-state index contributed by atoms with van der Waals surface area (Å²) in [4.78, 5) is 11.2. The van der Waals surface area contributed by atoms with Gasteiger partial charge < -0.3 is 14.2 Å². The molecule has 1 saturated heterocycles. The summed E-state index contributed by atoms with van der Waals surface area (Å²) in [5.74, 6) is 0.400. The Hall–Kier alpha value is -1.55. The molecule has 1 aliphatic rings. The fourth-order valence-corrected chi connectivity index (χ4v) is 1.41. The lowest BCUT2D eigenvalue weighted by Crippen LogP contribution is -2.32. The lowest BCUT2D eigenvalue weighted by Gasteiger charge is -2.26. The standard InChI is InChI=1S/C12H14O4/c1-14-12(13)9-2-4-10(5-3-9)16-8-11-6-7-15-11/h2-5,11H,6-8H2,1H3. The molecule has 1 unspecified atom stereocenters. The summed E-state index contributed by atoms with van der Waals surface area (Å²) in [6, 6.07) is 6.88. The van der Waals surface area contributed by atoms with Crippen LogP contribution in [0.2, 0.25) is 0 Å². The molecule has 86 valence electrons. The van der Waals surface area contributed by atoms with Crippen LogP contribution in [0, 0.1) is 0 Å². The Bertz CT molecular complexity index is 354. The number of carbonyl (C=O) groups is 1. The molecule has 1 atom stereocenters. The SMILES string of the molecule is COC(=O)c1ccc(OCC2CCO2)cc1. The summed E-state index contributed by atoms with van der Waals surface area (Å²) in [6.45, 7) is 1.40. The maximum absolute atomic E-state index is 11.2. The van der Waals surface area contributed by atoms with Crippen LogP contribution < -0.4 is 4.74 Å². The molecule has 4 heteroatoms. The van der Waals surface area contributed by atoms with E-state index in [1.807, 2.05) is 0 Å². The van der Waals surface area contributed by atoms with E-state index in [9.17, 15) is 4.79 Å². The van der Waals surface area contributed by atoms with Gasteiger partial charge in [-0.05, 0) is 24.3 Å². The van der Waals surface area contributed by atoms with Crippen molar-refractivity contribution in [2.75, 3.05) is 20.3 Å². The average molecular weight is 222 g/mol. The molecule has 0 aliphatic carbocycles. The largest absolute Gasteiger partial charge is 0.491 e.